The summed E-state index contributed by atoms with van der Waals surface area (Å²) in [6, 6.07) is 0. The zero-order chi connectivity index (χ0) is 4.50. The third-order valence-corrected chi connectivity index (χ3v) is 0. The van der Waals surface area contributed by atoms with Gasteiger partial charge < -0.3 is 0 Å². The van der Waals surface area contributed by atoms with Crippen LogP contribution in [0.3, 0.4) is 0 Å². The van der Waals surface area contributed by atoms with Crippen molar-refractivity contribution in [3.63, 3.8) is 0 Å². The summed E-state index contributed by atoms with van der Waals surface area (Å²) in [7, 11) is 0. The molecule has 1 N–H and O–H groups in total. The maximum atomic E-state index is 8.73. The Hall–Kier alpha value is 1.63. The van der Waals surface area contributed by atoms with Crippen LogP contribution in [0.2, 0.25) is 0 Å². The Labute approximate surface area is 71.1 Å². The molecule has 0 radical (unpaired) electrons. The maximum absolute atomic E-state index is 8.73. The summed E-state index contributed by atoms with van der Waals surface area (Å²) in [5.74, 6) is 0. The van der Waals surface area contributed by atoms with Gasteiger partial charge >= 0.3 is 49.7 Å². The van der Waals surface area contributed by atoms with Crippen molar-refractivity contribution in [1.82, 2.24) is 0 Å². The van der Waals surface area contributed by atoms with Crippen LogP contribution in [0, 0.1) is 0 Å². The first-order chi connectivity index (χ1) is 2.00. The molecule has 0 aliphatic carbocycles. The molecule has 0 unspecified atom stereocenters. The van der Waals surface area contributed by atoms with Gasteiger partial charge in [-0.25, -0.2) is 0 Å². The molecule has 0 aromatic carbocycles. The van der Waals surface area contributed by atoms with Crippen LogP contribution >= 0.6 is 0 Å². The van der Waals surface area contributed by atoms with Crippen molar-refractivity contribution in [2.45, 2.75) is 0 Å². The van der Waals surface area contributed by atoms with Gasteiger partial charge in [-0.2, -0.15) is 0 Å². The average Bonchev–Trinajstić information content (AvgIpc) is 0.722. The van der Waals surface area contributed by atoms with Crippen molar-refractivity contribution in [1.29, 1.82) is 0 Å². The van der Waals surface area contributed by atoms with Gasteiger partial charge in [0.25, 0.3) is 0 Å². The predicted molar refractivity (Wildman–Crippen MR) is 13.6 cm³/mol. The Morgan fingerprint density at radius 1 is 1.14 bits per heavy atom. The van der Waals surface area contributed by atoms with E-state index in [4.69, 9.17) is 13.7 Å². The Kier molecular flexibility index (Phi) is 13.1. The third kappa shape index (κ3) is 90.7. The summed E-state index contributed by atoms with van der Waals surface area (Å²) in [6.07, 6.45) is 0. The van der Waals surface area contributed by atoms with Crippen LogP contribution in [0.1, 0.15) is 0 Å². The Bertz CT molecular complexity index is 27.2. The summed E-state index contributed by atoms with van der Waals surface area (Å²) < 4.78 is 33.2. The summed E-state index contributed by atoms with van der Waals surface area (Å²) >= 11 is -5.69. The van der Waals surface area contributed by atoms with Crippen LogP contribution in [-0.2, 0) is 0 Å². The molecule has 0 fully saturated rings. The minimum Gasteiger partial charge on any atom is -0.256 e. The van der Waals surface area contributed by atoms with Crippen LogP contribution in [0.25, 0.3) is 0 Å². The fraction of sp³-hybridized carbons (Fsp3) is 0. The fourth-order valence-electron chi connectivity index (χ4n) is 0. The van der Waals surface area contributed by atoms with Crippen LogP contribution in [0.15, 0.2) is 0 Å². The molecule has 4 nitrogen and oxygen atoms in total. The Morgan fingerprint density at radius 2 is 1.14 bits per heavy atom. The molecule has 7 heavy (non-hydrogen) atoms. The molecule has 0 aliphatic heterocycles. The standard InChI is InChI=1S/BH4.HIO4.Na/c;2-1(3,4)5;/h1H4;2H;/q-1;;+1. The smallest absolute Gasteiger partial charge is 0.256 e. The number of halogens is 1. The van der Waals surface area contributed by atoms with E-state index in [1.807, 2.05) is 0 Å². The molecule has 0 heterocycles. The van der Waals surface area contributed by atoms with Crippen molar-refractivity contribution >= 4 is 8.41 Å². The molecule has 7 heteroatoms. The Morgan fingerprint density at radius 3 is 1.14 bits per heavy atom. The predicted octanol–water partition coefficient (Wildman–Crippen LogP) is -11.6. The molecule has 0 rings (SSSR count). The third-order valence-electron chi connectivity index (χ3n) is 0. The van der Waals surface area contributed by atoms with Crippen LogP contribution in [-0.4, -0.2) is 11.8 Å². The zero-order valence-electron chi connectivity index (χ0n) is 3.05. The maximum Gasteiger partial charge on any atom is 1.00 e. The van der Waals surface area contributed by atoms with Crippen LogP contribution in [0.4, 0.5) is 0 Å². The first-order valence-corrected chi connectivity index (χ1v) is 4.24. The second-order valence-electron chi connectivity index (χ2n) is 0.396. The average molecular weight is 230 g/mol. The van der Waals surface area contributed by atoms with Gasteiger partial charge in [-0.05, 0) is 0 Å². The SMILES string of the molecule is [BH4-].[Na+].[O-][I+3]([O-])([O-])O. The van der Waals surface area contributed by atoms with Gasteiger partial charge in [0, 0.05) is 3.44 Å². The molecule has 0 aromatic rings. The molecule has 0 saturated heterocycles. The first kappa shape index (κ1) is 15.9. The van der Waals surface area contributed by atoms with Crippen LogP contribution in [0.5, 0.6) is 0 Å². The van der Waals surface area contributed by atoms with Gasteiger partial charge in [0.15, 0.2) is 0 Å². The van der Waals surface area contributed by atoms with Crippen LogP contribution < -0.4 is 60.0 Å². The number of hydrogen-bond donors (Lipinski definition) is 1. The van der Waals surface area contributed by atoms with Crippen molar-refractivity contribution < 1.29 is 63.4 Å². The van der Waals surface area contributed by atoms with Crippen molar-refractivity contribution in [2.75, 3.05) is 0 Å². The van der Waals surface area contributed by atoms with Gasteiger partial charge in [0.2, 0.25) is 0 Å². The van der Waals surface area contributed by atoms with Crippen molar-refractivity contribution in [2.24, 2.45) is 0 Å². The molecule has 0 aromatic heterocycles. The molecule has 0 amide bonds. The van der Waals surface area contributed by atoms with Gasteiger partial charge in [0.1, 0.15) is 0 Å². The van der Waals surface area contributed by atoms with Crippen molar-refractivity contribution in [3.05, 3.63) is 0 Å². The molecule has 0 atom stereocenters. The number of hydrogen-bond acceptors (Lipinski definition) is 4. The van der Waals surface area contributed by atoms with E-state index in [0.717, 1.165) is 0 Å². The summed E-state index contributed by atoms with van der Waals surface area (Å²) in [4.78, 5) is 0. The van der Waals surface area contributed by atoms with E-state index < -0.39 is 20.1 Å². The van der Waals surface area contributed by atoms with E-state index in [2.05, 4.69) is 0 Å². The molecule has 0 saturated carbocycles. The molecular weight excluding hydrogens is 225 g/mol. The monoisotopic (exact) mass is 230 g/mol. The largest absolute Gasteiger partial charge is 1.00 e. The minimum atomic E-state index is -5.69. The normalized spacial score (nSPS) is 8.57. The summed E-state index contributed by atoms with van der Waals surface area (Å²) in [5.41, 5.74) is 0. The summed E-state index contributed by atoms with van der Waals surface area (Å²) in [6.45, 7) is 0. The molecule has 40 valence electrons. The zero-order valence-corrected chi connectivity index (χ0v) is 7.21. The molecule has 0 bridgehead atoms. The van der Waals surface area contributed by atoms with E-state index in [-0.39, 0.29) is 38.0 Å². The van der Waals surface area contributed by atoms with E-state index in [9.17, 15) is 0 Å². The number of rotatable bonds is 0. The molecular formula is H5BINaO4. The van der Waals surface area contributed by atoms with E-state index >= 15 is 0 Å². The van der Waals surface area contributed by atoms with Gasteiger partial charge in [-0.3, -0.25) is 10.3 Å². The first-order valence-electron chi connectivity index (χ1n) is 0.632. The molecule has 0 aliphatic rings. The topological polar surface area (TPSA) is 89.4 Å². The van der Waals surface area contributed by atoms with E-state index in [0.29, 0.717) is 0 Å². The molecule has 0 spiro atoms. The van der Waals surface area contributed by atoms with Gasteiger partial charge in [-0.1, -0.05) is 8.41 Å². The second-order valence-corrected chi connectivity index (χ2v) is 2.66. The van der Waals surface area contributed by atoms with E-state index in [1.165, 1.54) is 0 Å². The fourth-order valence-corrected chi connectivity index (χ4v) is 0. The quantitative estimate of drug-likeness (QED) is 0.330. The van der Waals surface area contributed by atoms with Gasteiger partial charge in [0.05, 0.1) is 0 Å². The van der Waals surface area contributed by atoms with Gasteiger partial charge in [-0.15, -0.1) is 0 Å². The summed E-state index contributed by atoms with van der Waals surface area (Å²) in [5, 5.41) is 0. The van der Waals surface area contributed by atoms with E-state index in [1.54, 1.807) is 0 Å². The Balaban J connectivity index is -0.0000000800. The van der Waals surface area contributed by atoms with Crippen molar-refractivity contribution in [3.8, 4) is 0 Å². The minimum absolute atomic E-state index is 0. The second kappa shape index (κ2) is 5.77.